The summed E-state index contributed by atoms with van der Waals surface area (Å²) in [6.45, 7) is 0.0781. The molecule has 5 rings (SSSR count). The zero-order valence-electron chi connectivity index (χ0n) is 19.2. The molecule has 0 saturated carbocycles. The molecule has 0 aliphatic carbocycles. The summed E-state index contributed by atoms with van der Waals surface area (Å²) in [6, 6.07) is 8.44. The third-order valence-corrected chi connectivity index (χ3v) is 6.24. The number of halogens is 2. The highest BCUT2D eigenvalue weighted by atomic mass is 19.1. The van der Waals surface area contributed by atoms with Crippen LogP contribution >= 0.6 is 0 Å². The van der Waals surface area contributed by atoms with Gasteiger partial charge in [0.05, 0.1) is 49.7 Å². The summed E-state index contributed by atoms with van der Waals surface area (Å²) >= 11 is 0. The van der Waals surface area contributed by atoms with Crippen molar-refractivity contribution < 1.29 is 27.8 Å². The first-order valence-corrected chi connectivity index (χ1v) is 10.9. The smallest absolute Gasteiger partial charge is 0.334 e. The van der Waals surface area contributed by atoms with Crippen LogP contribution in [-0.4, -0.2) is 38.1 Å². The first kappa shape index (κ1) is 23.0. The van der Waals surface area contributed by atoms with E-state index in [4.69, 9.17) is 9.47 Å². The maximum Gasteiger partial charge on any atom is 0.334 e. The molecule has 1 aromatic heterocycles. The van der Waals surface area contributed by atoms with Crippen molar-refractivity contribution in [3.63, 3.8) is 0 Å². The summed E-state index contributed by atoms with van der Waals surface area (Å²) in [5, 5.41) is 12.2. The standard InChI is InChI=1S/C25H19F2N5O4/c1-35-17-7-18(36-2)21(27)23(20(17)26)31-11-14-9-29-24-19(15(12-33)10-30-24)22(14)32(25(31)34)16-5-3-13(8-28)4-6-16/h3-7,9,12,15H,10-11H2,1-2H3,(H,29,30). The summed E-state index contributed by atoms with van der Waals surface area (Å²) < 4.78 is 40.9. The highest BCUT2D eigenvalue weighted by Gasteiger charge is 2.41. The van der Waals surface area contributed by atoms with E-state index in [1.807, 2.05) is 6.07 Å². The number of anilines is 4. The molecule has 2 aliphatic heterocycles. The number of nitrogens with zero attached hydrogens (tertiary/aromatic N) is 4. The first-order chi connectivity index (χ1) is 17.4. The fourth-order valence-electron chi connectivity index (χ4n) is 4.52. The van der Waals surface area contributed by atoms with Crippen molar-refractivity contribution >= 4 is 35.2 Å². The van der Waals surface area contributed by atoms with Crippen LogP contribution in [0, 0.1) is 23.0 Å². The zero-order valence-corrected chi connectivity index (χ0v) is 19.2. The van der Waals surface area contributed by atoms with Gasteiger partial charge in [-0.15, -0.1) is 0 Å². The Morgan fingerprint density at radius 1 is 1.14 bits per heavy atom. The second-order valence-electron chi connectivity index (χ2n) is 8.14. The van der Waals surface area contributed by atoms with Crippen LogP contribution in [0.5, 0.6) is 11.5 Å². The fraction of sp³-hybridized carbons (Fsp3) is 0.200. The van der Waals surface area contributed by atoms with E-state index in [1.54, 1.807) is 12.1 Å². The van der Waals surface area contributed by atoms with Gasteiger partial charge >= 0.3 is 6.03 Å². The average molecular weight is 491 g/mol. The molecule has 36 heavy (non-hydrogen) atoms. The third kappa shape index (κ3) is 3.38. The van der Waals surface area contributed by atoms with Crippen LogP contribution in [0.4, 0.5) is 36.5 Å². The van der Waals surface area contributed by atoms with Gasteiger partial charge in [0.2, 0.25) is 0 Å². The van der Waals surface area contributed by atoms with Gasteiger partial charge in [-0.2, -0.15) is 5.26 Å². The number of aromatic nitrogens is 1. The lowest BCUT2D eigenvalue weighted by atomic mass is 9.97. The molecule has 1 N–H and O–H groups in total. The molecule has 1 atom stereocenters. The number of pyridine rings is 1. The van der Waals surface area contributed by atoms with Crippen LogP contribution in [0.1, 0.15) is 22.6 Å². The molecule has 3 aromatic rings. The van der Waals surface area contributed by atoms with Crippen LogP contribution in [0.25, 0.3) is 0 Å². The molecule has 2 aliphatic rings. The molecule has 0 saturated heterocycles. The Bertz CT molecular complexity index is 1410. The van der Waals surface area contributed by atoms with E-state index in [2.05, 4.69) is 10.3 Å². The topological polar surface area (TPSA) is 108 Å². The van der Waals surface area contributed by atoms with E-state index in [0.717, 1.165) is 17.3 Å². The average Bonchev–Trinajstić information content (AvgIpc) is 3.33. The molecule has 0 fully saturated rings. The van der Waals surface area contributed by atoms with Crippen LogP contribution in [0.15, 0.2) is 36.5 Å². The van der Waals surface area contributed by atoms with Crippen molar-refractivity contribution in [1.82, 2.24) is 4.98 Å². The number of nitrogens with one attached hydrogen (secondary N) is 1. The highest BCUT2D eigenvalue weighted by Crippen LogP contribution is 2.47. The number of carbonyl (C=O) groups excluding carboxylic acids is 2. The fourth-order valence-corrected chi connectivity index (χ4v) is 4.52. The van der Waals surface area contributed by atoms with E-state index in [0.29, 0.717) is 40.4 Å². The van der Waals surface area contributed by atoms with E-state index in [1.165, 1.54) is 37.4 Å². The maximum absolute atomic E-state index is 15.4. The summed E-state index contributed by atoms with van der Waals surface area (Å²) in [7, 11) is 2.44. The van der Waals surface area contributed by atoms with Crippen molar-refractivity contribution in [3.8, 4) is 17.6 Å². The molecule has 1 unspecified atom stereocenters. The molecule has 182 valence electrons. The summed E-state index contributed by atoms with van der Waals surface area (Å²) in [4.78, 5) is 32.4. The Labute approximate surface area is 204 Å². The summed E-state index contributed by atoms with van der Waals surface area (Å²) in [5.74, 6) is -2.88. The Balaban J connectivity index is 1.76. The number of carbonyl (C=O) groups is 2. The predicted molar refractivity (Wildman–Crippen MR) is 126 cm³/mol. The number of rotatable bonds is 5. The van der Waals surface area contributed by atoms with Crippen LogP contribution in [0.3, 0.4) is 0 Å². The number of urea groups is 1. The van der Waals surface area contributed by atoms with Gasteiger partial charge in [-0.25, -0.2) is 18.6 Å². The second-order valence-corrected chi connectivity index (χ2v) is 8.14. The van der Waals surface area contributed by atoms with Gasteiger partial charge in [0.15, 0.2) is 23.1 Å². The number of ether oxygens (including phenoxy) is 2. The van der Waals surface area contributed by atoms with Crippen molar-refractivity contribution in [3.05, 3.63) is 64.9 Å². The Hall–Kier alpha value is -4.72. The Morgan fingerprint density at radius 3 is 2.39 bits per heavy atom. The van der Waals surface area contributed by atoms with Gasteiger partial charge in [-0.05, 0) is 24.3 Å². The number of aldehydes is 1. The molecule has 0 bridgehead atoms. The second kappa shape index (κ2) is 8.81. The lowest BCUT2D eigenvalue weighted by molar-refractivity contribution is -0.108. The molecule has 2 aromatic carbocycles. The molecule has 2 amide bonds. The molecule has 9 nitrogen and oxygen atoms in total. The molecule has 0 spiro atoms. The number of methoxy groups -OCH3 is 2. The minimum absolute atomic E-state index is 0.225. The van der Waals surface area contributed by atoms with Gasteiger partial charge < -0.3 is 19.6 Å². The van der Waals surface area contributed by atoms with E-state index >= 15 is 8.78 Å². The number of hydrogen-bond donors (Lipinski definition) is 1. The summed E-state index contributed by atoms with van der Waals surface area (Å²) in [6.07, 6.45) is 2.26. The molecule has 11 heteroatoms. The number of nitriles is 1. The van der Waals surface area contributed by atoms with Gasteiger partial charge in [0, 0.05) is 29.9 Å². The Morgan fingerprint density at radius 2 is 1.81 bits per heavy atom. The number of amides is 2. The van der Waals surface area contributed by atoms with E-state index in [-0.39, 0.29) is 18.0 Å². The van der Waals surface area contributed by atoms with Crippen LogP contribution in [-0.2, 0) is 11.3 Å². The third-order valence-electron chi connectivity index (χ3n) is 6.24. The van der Waals surface area contributed by atoms with Gasteiger partial charge in [-0.1, -0.05) is 0 Å². The number of fused-ring (bicyclic) bond motifs is 3. The lowest BCUT2D eigenvalue weighted by Crippen LogP contribution is -2.46. The van der Waals surface area contributed by atoms with Gasteiger partial charge in [0.25, 0.3) is 0 Å². The lowest BCUT2D eigenvalue weighted by Gasteiger charge is -2.38. The van der Waals surface area contributed by atoms with E-state index < -0.39 is 29.3 Å². The monoisotopic (exact) mass is 491 g/mol. The minimum atomic E-state index is -1.08. The van der Waals surface area contributed by atoms with Crippen molar-refractivity contribution in [2.75, 3.05) is 35.9 Å². The maximum atomic E-state index is 15.4. The predicted octanol–water partition coefficient (Wildman–Crippen LogP) is 4.23. The summed E-state index contributed by atoms with van der Waals surface area (Å²) in [5.41, 5.74) is 1.44. The van der Waals surface area contributed by atoms with Crippen LogP contribution in [0.2, 0.25) is 0 Å². The molecule has 3 heterocycles. The van der Waals surface area contributed by atoms with Crippen molar-refractivity contribution in [1.29, 1.82) is 5.26 Å². The normalized spacial score (nSPS) is 16.1. The number of benzene rings is 2. The number of hydrogen-bond acceptors (Lipinski definition) is 7. The zero-order chi connectivity index (χ0) is 25.6. The van der Waals surface area contributed by atoms with Crippen molar-refractivity contribution in [2.24, 2.45) is 0 Å². The van der Waals surface area contributed by atoms with Gasteiger partial charge in [0.1, 0.15) is 17.8 Å². The van der Waals surface area contributed by atoms with Crippen LogP contribution < -0.4 is 24.6 Å². The van der Waals surface area contributed by atoms with E-state index in [9.17, 15) is 14.9 Å². The quantitative estimate of drug-likeness (QED) is 0.532. The van der Waals surface area contributed by atoms with Crippen molar-refractivity contribution in [2.45, 2.75) is 12.5 Å². The molecular formula is C25H19F2N5O4. The highest BCUT2D eigenvalue weighted by molar-refractivity contribution is 6.12. The largest absolute Gasteiger partial charge is 0.493 e. The Kier molecular flexibility index (Phi) is 5.64. The molecule has 0 radical (unpaired) electrons. The first-order valence-electron chi connectivity index (χ1n) is 10.9. The SMILES string of the molecule is COc1cc(OC)c(F)c(N2Cc3cnc4c(c3N(c3ccc(C#N)cc3)C2=O)C(C=O)CN4)c1F. The van der Waals surface area contributed by atoms with Gasteiger partial charge in [-0.3, -0.25) is 9.80 Å². The molecular weight excluding hydrogens is 472 g/mol. The minimum Gasteiger partial charge on any atom is -0.493 e.